The summed E-state index contributed by atoms with van der Waals surface area (Å²) in [5.74, 6) is 1.29. The van der Waals surface area contributed by atoms with Crippen molar-refractivity contribution in [1.82, 2.24) is 0 Å². The van der Waals surface area contributed by atoms with E-state index in [0.717, 1.165) is 16.9 Å². The molecule has 2 N–H and O–H groups in total. The van der Waals surface area contributed by atoms with Gasteiger partial charge in [0.2, 0.25) is 10.0 Å². The summed E-state index contributed by atoms with van der Waals surface area (Å²) in [5.41, 5.74) is 2.22. The first-order valence-electron chi connectivity index (χ1n) is 5.73. The van der Waals surface area contributed by atoms with Crippen molar-refractivity contribution >= 4 is 10.0 Å². The molecule has 0 atom stereocenters. The fourth-order valence-corrected chi connectivity index (χ4v) is 2.34. The normalized spacial score (nSPS) is 11.3. The van der Waals surface area contributed by atoms with Crippen LogP contribution in [0.15, 0.2) is 47.4 Å². The minimum Gasteiger partial charge on any atom is -0.457 e. The Bertz CT molecular complexity index is 671. The zero-order valence-corrected chi connectivity index (χ0v) is 11.6. The lowest BCUT2D eigenvalue weighted by atomic mass is 10.1. The molecule has 0 heterocycles. The van der Waals surface area contributed by atoms with Gasteiger partial charge in [0, 0.05) is 0 Å². The molecule has 0 fully saturated rings. The summed E-state index contributed by atoms with van der Waals surface area (Å²) in [6, 6.07) is 11.9. The molecule has 0 aliphatic heterocycles. The number of primary sulfonamides is 1. The van der Waals surface area contributed by atoms with Crippen LogP contribution in [-0.4, -0.2) is 8.42 Å². The Labute approximate surface area is 112 Å². The van der Waals surface area contributed by atoms with Crippen LogP contribution in [0.5, 0.6) is 11.5 Å². The van der Waals surface area contributed by atoms with E-state index < -0.39 is 10.0 Å². The number of hydrogen-bond acceptors (Lipinski definition) is 3. The van der Waals surface area contributed by atoms with Crippen molar-refractivity contribution in [1.29, 1.82) is 0 Å². The molecule has 19 heavy (non-hydrogen) atoms. The lowest BCUT2D eigenvalue weighted by Gasteiger charge is -2.08. The van der Waals surface area contributed by atoms with Crippen LogP contribution in [0.3, 0.4) is 0 Å². The number of hydrogen-bond donors (Lipinski definition) is 1. The highest BCUT2D eigenvalue weighted by Crippen LogP contribution is 2.24. The van der Waals surface area contributed by atoms with E-state index in [4.69, 9.17) is 9.88 Å². The van der Waals surface area contributed by atoms with Crippen LogP contribution in [0.1, 0.15) is 11.1 Å². The van der Waals surface area contributed by atoms with E-state index in [0.29, 0.717) is 5.75 Å². The highest BCUT2D eigenvalue weighted by atomic mass is 32.2. The average molecular weight is 277 g/mol. The van der Waals surface area contributed by atoms with Crippen molar-refractivity contribution in [2.45, 2.75) is 18.7 Å². The van der Waals surface area contributed by atoms with E-state index in [1.165, 1.54) is 12.1 Å². The third-order valence-corrected chi connectivity index (χ3v) is 3.51. The monoisotopic (exact) mass is 277 g/mol. The fraction of sp³-hybridized carbons (Fsp3) is 0.143. The van der Waals surface area contributed by atoms with Crippen LogP contribution in [0.25, 0.3) is 0 Å². The van der Waals surface area contributed by atoms with Crippen LogP contribution in [0, 0.1) is 13.8 Å². The SMILES string of the molecule is Cc1cc(C)cc(Oc2ccc(S(N)(=O)=O)cc2)c1. The minimum absolute atomic E-state index is 0.0697. The van der Waals surface area contributed by atoms with Crippen LogP contribution in [-0.2, 0) is 10.0 Å². The van der Waals surface area contributed by atoms with Crippen molar-refractivity contribution < 1.29 is 13.2 Å². The predicted octanol–water partition coefficient (Wildman–Crippen LogP) is 2.74. The largest absolute Gasteiger partial charge is 0.457 e. The zero-order chi connectivity index (χ0) is 14.0. The molecular formula is C14H15NO3S. The van der Waals surface area contributed by atoms with Gasteiger partial charge in [-0.25, -0.2) is 13.6 Å². The van der Waals surface area contributed by atoms with Crippen molar-refractivity contribution in [2.75, 3.05) is 0 Å². The molecule has 0 amide bonds. The van der Waals surface area contributed by atoms with Gasteiger partial charge in [0.1, 0.15) is 11.5 Å². The maximum absolute atomic E-state index is 11.1. The number of sulfonamides is 1. The van der Waals surface area contributed by atoms with Gasteiger partial charge in [0.25, 0.3) is 0 Å². The molecule has 2 aromatic carbocycles. The minimum atomic E-state index is -3.66. The average Bonchev–Trinajstić information content (AvgIpc) is 2.26. The molecule has 0 aromatic heterocycles. The number of aryl methyl sites for hydroxylation is 2. The second-order valence-corrected chi connectivity index (χ2v) is 6.00. The number of nitrogens with two attached hydrogens (primary N) is 1. The summed E-state index contributed by atoms with van der Waals surface area (Å²) in [6.07, 6.45) is 0. The van der Waals surface area contributed by atoms with Gasteiger partial charge >= 0.3 is 0 Å². The van der Waals surface area contributed by atoms with Crippen molar-refractivity contribution in [3.63, 3.8) is 0 Å². The van der Waals surface area contributed by atoms with E-state index in [-0.39, 0.29) is 4.90 Å². The smallest absolute Gasteiger partial charge is 0.238 e. The van der Waals surface area contributed by atoms with Crippen LogP contribution in [0.2, 0.25) is 0 Å². The number of rotatable bonds is 3. The van der Waals surface area contributed by atoms with E-state index in [2.05, 4.69) is 6.07 Å². The van der Waals surface area contributed by atoms with Gasteiger partial charge < -0.3 is 4.74 Å². The Kier molecular flexibility index (Phi) is 3.59. The van der Waals surface area contributed by atoms with Gasteiger partial charge in [-0.2, -0.15) is 0 Å². The summed E-state index contributed by atoms with van der Waals surface area (Å²) in [4.78, 5) is 0.0697. The third-order valence-electron chi connectivity index (χ3n) is 2.58. The summed E-state index contributed by atoms with van der Waals surface area (Å²) in [7, 11) is -3.66. The Hall–Kier alpha value is -1.85. The highest BCUT2D eigenvalue weighted by molar-refractivity contribution is 7.89. The molecule has 0 radical (unpaired) electrons. The highest BCUT2D eigenvalue weighted by Gasteiger charge is 2.07. The van der Waals surface area contributed by atoms with Crippen LogP contribution in [0.4, 0.5) is 0 Å². The third kappa shape index (κ3) is 3.56. The van der Waals surface area contributed by atoms with Gasteiger partial charge in [-0.05, 0) is 61.4 Å². The molecule has 5 heteroatoms. The van der Waals surface area contributed by atoms with Crippen LogP contribution >= 0.6 is 0 Å². The predicted molar refractivity (Wildman–Crippen MR) is 73.8 cm³/mol. The fourth-order valence-electron chi connectivity index (χ4n) is 1.83. The quantitative estimate of drug-likeness (QED) is 0.937. The lowest BCUT2D eigenvalue weighted by molar-refractivity contribution is 0.481. The molecule has 2 rings (SSSR count). The van der Waals surface area contributed by atoms with E-state index in [9.17, 15) is 8.42 Å². The summed E-state index contributed by atoms with van der Waals surface area (Å²) in [5, 5.41) is 5.03. The van der Waals surface area contributed by atoms with Crippen LogP contribution < -0.4 is 9.88 Å². The summed E-state index contributed by atoms with van der Waals surface area (Å²) < 4.78 is 27.9. The molecule has 100 valence electrons. The Morgan fingerprint density at radius 3 is 1.89 bits per heavy atom. The zero-order valence-electron chi connectivity index (χ0n) is 10.8. The lowest BCUT2D eigenvalue weighted by Crippen LogP contribution is -2.11. The van der Waals surface area contributed by atoms with Gasteiger partial charge in [-0.3, -0.25) is 0 Å². The molecule has 2 aromatic rings. The molecule has 0 saturated carbocycles. The van der Waals surface area contributed by atoms with Gasteiger partial charge in [-0.15, -0.1) is 0 Å². The van der Waals surface area contributed by atoms with Crippen molar-refractivity contribution in [2.24, 2.45) is 5.14 Å². The second-order valence-electron chi connectivity index (χ2n) is 4.44. The van der Waals surface area contributed by atoms with E-state index in [1.54, 1.807) is 12.1 Å². The Balaban J connectivity index is 2.24. The first kappa shape index (κ1) is 13.6. The second kappa shape index (κ2) is 5.03. The van der Waals surface area contributed by atoms with E-state index >= 15 is 0 Å². The topological polar surface area (TPSA) is 69.4 Å². The Morgan fingerprint density at radius 1 is 0.895 bits per heavy atom. The standard InChI is InChI=1S/C14H15NO3S/c1-10-7-11(2)9-13(8-10)18-12-3-5-14(6-4-12)19(15,16)17/h3-9H,1-2H3,(H2,15,16,17). The maximum atomic E-state index is 11.1. The first-order chi connectivity index (χ1) is 8.84. The van der Waals surface area contributed by atoms with Gasteiger partial charge in [-0.1, -0.05) is 6.07 Å². The summed E-state index contributed by atoms with van der Waals surface area (Å²) in [6.45, 7) is 3.98. The molecule has 0 aliphatic carbocycles. The molecule has 0 unspecified atom stereocenters. The molecule has 0 bridgehead atoms. The number of benzene rings is 2. The molecule has 0 saturated heterocycles. The van der Waals surface area contributed by atoms with Gasteiger partial charge in [0.15, 0.2) is 0 Å². The molecule has 0 spiro atoms. The van der Waals surface area contributed by atoms with Gasteiger partial charge in [0.05, 0.1) is 4.90 Å². The summed E-state index contributed by atoms with van der Waals surface area (Å²) >= 11 is 0. The molecule has 4 nitrogen and oxygen atoms in total. The molecular weight excluding hydrogens is 262 g/mol. The van der Waals surface area contributed by atoms with Crippen molar-refractivity contribution in [3.05, 3.63) is 53.6 Å². The van der Waals surface area contributed by atoms with Crippen molar-refractivity contribution in [3.8, 4) is 11.5 Å². The van der Waals surface area contributed by atoms with E-state index in [1.807, 2.05) is 26.0 Å². The Morgan fingerprint density at radius 2 is 1.42 bits per heavy atom. The first-order valence-corrected chi connectivity index (χ1v) is 7.28. The maximum Gasteiger partial charge on any atom is 0.238 e. The number of ether oxygens (including phenoxy) is 1. The molecule has 0 aliphatic rings.